The highest BCUT2D eigenvalue weighted by Gasteiger charge is 2.17. The normalized spacial score (nSPS) is 14.0. The summed E-state index contributed by atoms with van der Waals surface area (Å²) in [5.41, 5.74) is 10.7. The lowest BCUT2D eigenvalue weighted by molar-refractivity contribution is 0.288. The second-order valence-corrected chi connectivity index (χ2v) is 10.8. The van der Waals surface area contributed by atoms with Gasteiger partial charge in [0.15, 0.2) is 0 Å². The van der Waals surface area contributed by atoms with E-state index >= 15 is 0 Å². The van der Waals surface area contributed by atoms with Crippen LogP contribution in [0, 0.1) is 12.3 Å². The zero-order valence-corrected chi connectivity index (χ0v) is 23.1. The third kappa shape index (κ3) is 5.09. The molecule has 0 aliphatic carbocycles. The SMILES string of the molecule is C#CCN1CCN(c2ccc(-c3ccc4[nH]c5nccc(-c6ccc(Cc7ccccc7)cc6)c5c4c3)cc2)CC1. The Kier molecular flexibility index (Phi) is 6.72. The van der Waals surface area contributed by atoms with Gasteiger partial charge in [-0.3, -0.25) is 4.90 Å². The molecule has 1 N–H and O–H groups in total. The molecule has 0 spiro atoms. The van der Waals surface area contributed by atoms with E-state index in [1.807, 2.05) is 6.20 Å². The second-order valence-electron chi connectivity index (χ2n) is 10.8. The van der Waals surface area contributed by atoms with Gasteiger partial charge in [0.25, 0.3) is 0 Å². The first-order valence-electron chi connectivity index (χ1n) is 14.3. The predicted octanol–water partition coefficient (Wildman–Crippen LogP) is 7.40. The Balaban J connectivity index is 1.18. The average molecular weight is 533 g/mol. The van der Waals surface area contributed by atoms with Gasteiger partial charge < -0.3 is 9.88 Å². The van der Waals surface area contributed by atoms with Gasteiger partial charge in [0, 0.05) is 54.4 Å². The number of aromatic amines is 1. The van der Waals surface area contributed by atoms with E-state index in [9.17, 15) is 0 Å². The van der Waals surface area contributed by atoms with Crippen molar-refractivity contribution in [1.29, 1.82) is 0 Å². The fraction of sp³-hybridized carbons (Fsp3) is 0.162. The first kappa shape index (κ1) is 25.1. The fourth-order valence-electron chi connectivity index (χ4n) is 6.03. The molecule has 0 amide bonds. The van der Waals surface area contributed by atoms with Crippen molar-refractivity contribution >= 4 is 27.6 Å². The van der Waals surface area contributed by atoms with Crippen LogP contribution in [0.1, 0.15) is 11.1 Å². The first-order chi connectivity index (χ1) is 20.2. The van der Waals surface area contributed by atoms with E-state index in [4.69, 9.17) is 6.42 Å². The van der Waals surface area contributed by atoms with Gasteiger partial charge in [-0.1, -0.05) is 78.7 Å². The molecule has 1 aliphatic rings. The Hall–Kier alpha value is -4.85. The molecule has 200 valence electrons. The summed E-state index contributed by atoms with van der Waals surface area (Å²) in [7, 11) is 0. The lowest BCUT2D eigenvalue weighted by atomic mass is 9.97. The predicted molar refractivity (Wildman–Crippen MR) is 171 cm³/mol. The van der Waals surface area contributed by atoms with Crippen LogP contribution in [0.5, 0.6) is 0 Å². The number of rotatable bonds is 6. The van der Waals surface area contributed by atoms with Crippen molar-refractivity contribution in [3.05, 3.63) is 120 Å². The van der Waals surface area contributed by atoms with Crippen LogP contribution >= 0.6 is 0 Å². The second kappa shape index (κ2) is 11.0. The molecular formula is C37H32N4. The van der Waals surface area contributed by atoms with Crippen LogP contribution in [0.25, 0.3) is 44.2 Å². The summed E-state index contributed by atoms with van der Waals surface area (Å²) in [5, 5.41) is 2.37. The minimum absolute atomic E-state index is 0.736. The number of anilines is 1. The lowest BCUT2D eigenvalue weighted by Gasteiger charge is -2.35. The summed E-state index contributed by atoms with van der Waals surface area (Å²) >= 11 is 0. The number of pyridine rings is 1. The number of hydrogen-bond acceptors (Lipinski definition) is 3. The topological polar surface area (TPSA) is 35.2 Å². The third-order valence-electron chi connectivity index (χ3n) is 8.26. The highest BCUT2D eigenvalue weighted by atomic mass is 15.3. The van der Waals surface area contributed by atoms with Crippen molar-refractivity contribution in [2.75, 3.05) is 37.6 Å². The highest BCUT2D eigenvalue weighted by Crippen LogP contribution is 2.36. The standard InChI is InChI=1S/C37H32N4/c1-2-20-40-21-23-41(24-22-40)32-15-12-29(13-16-32)31-14-17-35-34(26-31)36-33(18-19-38-37(36)39-35)30-10-8-28(9-11-30)25-27-6-4-3-5-7-27/h1,3-19,26H,20-25H2,(H,38,39). The van der Waals surface area contributed by atoms with Crippen LogP contribution < -0.4 is 4.90 Å². The highest BCUT2D eigenvalue weighted by molar-refractivity contribution is 6.13. The Morgan fingerprint density at radius 2 is 1.44 bits per heavy atom. The molecule has 7 rings (SSSR count). The number of hydrogen-bond donors (Lipinski definition) is 1. The maximum atomic E-state index is 5.49. The van der Waals surface area contributed by atoms with Crippen LogP contribution in [0.15, 0.2) is 109 Å². The van der Waals surface area contributed by atoms with E-state index < -0.39 is 0 Å². The van der Waals surface area contributed by atoms with Crippen molar-refractivity contribution in [2.45, 2.75) is 6.42 Å². The lowest BCUT2D eigenvalue weighted by Crippen LogP contribution is -2.46. The van der Waals surface area contributed by atoms with Crippen LogP contribution in [-0.2, 0) is 6.42 Å². The van der Waals surface area contributed by atoms with Crippen molar-refractivity contribution in [1.82, 2.24) is 14.9 Å². The molecule has 1 fully saturated rings. The maximum absolute atomic E-state index is 5.49. The van der Waals surface area contributed by atoms with Gasteiger partial charge in [-0.15, -0.1) is 6.42 Å². The Morgan fingerprint density at radius 3 is 2.20 bits per heavy atom. The smallest absolute Gasteiger partial charge is 0.138 e. The molecule has 41 heavy (non-hydrogen) atoms. The van der Waals surface area contributed by atoms with Crippen molar-refractivity contribution in [2.24, 2.45) is 0 Å². The van der Waals surface area contributed by atoms with Crippen LogP contribution in [0.2, 0.25) is 0 Å². The Bertz CT molecular complexity index is 1840. The minimum Gasteiger partial charge on any atom is -0.369 e. The van der Waals surface area contributed by atoms with E-state index in [1.54, 1.807) is 0 Å². The van der Waals surface area contributed by atoms with Crippen LogP contribution in [-0.4, -0.2) is 47.6 Å². The van der Waals surface area contributed by atoms with E-state index in [0.29, 0.717) is 0 Å². The molecule has 1 aliphatic heterocycles. The van der Waals surface area contributed by atoms with Gasteiger partial charge in [-0.05, 0) is 70.1 Å². The van der Waals surface area contributed by atoms with Crippen molar-refractivity contribution in [3.8, 4) is 34.6 Å². The molecule has 4 nitrogen and oxygen atoms in total. The number of H-pyrrole nitrogens is 1. The first-order valence-corrected chi connectivity index (χ1v) is 14.3. The molecule has 0 unspecified atom stereocenters. The van der Waals surface area contributed by atoms with Crippen LogP contribution in [0.4, 0.5) is 5.69 Å². The molecule has 0 atom stereocenters. The van der Waals surface area contributed by atoms with Gasteiger partial charge in [0.2, 0.25) is 0 Å². The summed E-state index contributed by atoms with van der Waals surface area (Å²) in [6.07, 6.45) is 8.33. The molecule has 0 radical (unpaired) electrons. The van der Waals surface area contributed by atoms with Gasteiger partial charge >= 0.3 is 0 Å². The zero-order valence-electron chi connectivity index (χ0n) is 23.1. The van der Waals surface area contributed by atoms with Crippen molar-refractivity contribution in [3.63, 3.8) is 0 Å². The van der Waals surface area contributed by atoms with Gasteiger partial charge in [0.1, 0.15) is 5.65 Å². The number of aromatic nitrogens is 2. The number of terminal acetylenes is 1. The number of nitrogens with one attached hydrogen (secondary N) is 1. The number of nitrogens with zero attached hydrogens (tertiary/aromatic N) is 3. The van der Waals surface area contributed by atoms with E-state index in [0.717, 1.165) is 50.3 Å². The molecule has 3 heterocycles. The maximum Gasteiger partial charge on any atom is 0.138 e. The summed E-state index contributed by atoms with van der Waals surface area (Å²) in [6.45, 7) is 4.77. The molecule has 6 aromatic rings. The molecule has 2 aromatic heterocycles. The van der Waals surface area contributed by atoms with Gasteiger partial charge in [0.05, 0.1) is 6.54 Å². The average Bonchev–Trinajstić information content (AvgIpc) is 3.41. The van der Waals surface area contributed by atoms with E-state index in [-0.39, 0.29) is 0 Å². The molecule has 0 saturated carbocycles. The molecule has 4 heteroatoms. The van der Waals surface area contributed by atoms with E-state index in [1.165, 1.54) is 49.8 Å². The van der Waals surface area contributed by atoms with E-state index in [2.05, 4.69) is 129 Å². The minimum atomic E-state index is 0.736. The van der Waals surface area contributed by atoms with Gasteiger partial charge in [-0.25, -0.2) is 4.98 Å². The molecule has 0 bridgehead atoms. The Labute approximate surface area is 241 Å². The molecular weight excluding hydrogens is 500 g/mol. The number of piperazine rings is 1. The summed E-state index contributed by atoms with van der Waals surface area (Å²) in [4.78, 5) is 13.0. The quantitative estimate of drug-likeness (QED) is 0.227. The fourth-order valence-corrected chi connectivity index (χ4v) is 6.03. The van der Waals surface area contributed by atoms with Crippen LogP contribution in [0.3, 0.4) is 0 Å². The molecule has 4 aromatic carbocycles. The summed E-state index contributed by atoms with van der Waals surface area (Å²) < 4.78 is 0. The monoisotopic (exact) mass is 532 g/mol. The molecule has 1 saturated heterocycles. The third-order valence-corrected chi connectivity index (χ3v) is 8.26. The van der Waals surface area contributed by atoms with Crippen molar-refractivity contribution < 1.29 is 0 Å². The summed E-state index contributed by atoms with van der Waals surface area (Å²) in [5.74, 6) is 2.76. The zero-order chi connectivity index (χ0) is 27.6. The number of fused-ring (bicyclic) bond motifs is 3. The Morgan fingerprint density at radius 1 is 0.732 bits per heavy atom. The van der Waals surface area contributed by atoms with Gasteiger partial charge in [-0.2, -0.15) is 0 Å². The summed E-state index contributed by atoms with van der Waals surface area (Å²) in [6, 6.07) is 37.4. The largest absolute Gasteiger partial charge is 0.369 e. The number of benzene rings is 4.